The number of hydrogen-bond acceptors (Lipinski definition) is 5. The predicted octanol–water partition coefficient (Wildman–Crippen LogP) is 2.98. The van der Waals surface area contributed by atoms with E-state index in [1.165, 1.54) is 23.1 Å². The van der Waals surface area contributed by atoms with Crippen LogP contribution >= 0.6 is 0 Å². The third-order valence-electron chi connectivity index (χ3n) is 3.97. The minimum Gasteiger partial charge on any atom is -0.476 e. The van der Waals surface area contributed by atoms with Gasteiger partial charge in [0.05, 0.1) is 17.2 Å². The molecule has 0 saturated heterocycles. The van der Waals surface area contributed by atoms with Gasteiger partial charge in [0.2, 0.25) is 0 Å². The normalized spacial score (nSPS) is 15.3. The number of amides is 1. The molecule has 0 radical (unpaired) electrons. The summed E-state index contributed by atoms with van der Waals surface area (Å²) in [5.74, 6) is -0.357. The molecule has 0 N–H and O–H groups in total. The standard InChI is InChI=1S/C18H16N2O5/c1-18(2)17(22)19(11-15(21)12-6-4-3-5-7-12)14-10-13(20(23)24)8-9-16(14)25-18/h3-10H,11H2,1-2H3. The molecule has 2 aromatic rings. The van der Waals surface area contributed by atoms with Crippen molar-refractivity contribution in [3.05, 3.63) is 64.2 Å². The lowest BCUT2D eigenvalue weighted by atomic mass is 10.0. The van der Waals surface area contributed by atoms with E-state index < -0.39 is 16.4 Å². The van der Waals surface area contributed by atoms with Crippen molar-refractivity contribution in [2.75, 3.05) is 11.4 Å². The van der Waals surface area contributed by atoms with Crippen molar-refractivity contribution in [3.8, 4) is 5.75 Å². The van der Waals surface area contributed by atoms with Gasteiger partial charge < -0.3 is 4.74 Å². The van der Waals surface area contributed by atoms with Crippen LogP contribution in [0.3, 0.4) is 0 Å². The zero-order chi connectivity index (χ0) is 18.2. The second-order valence-corrected chi connectivity index (χ2v) is 6.20. The van der Waals surface area contributed by atoms with Gasteiger partial charge in [0.1, 0.15) is 5.75 Å². The van der Waals surface area contributed by atoms with E-state index in [9.17, 15) is 19.7 Å². The van der Waals surface area contributed by atoms with Crippen LogP contribution in [-0.4, -0.2) is 28.8 Å². The van der Waals surface area contributed by atoms with E-state index in [4.69, 9.17) is 4.74 Å². The number of hydrogen-bond donors (Lipinski definition) is 0. The Balaban J connectivity index is 2.02. The highest BCUT2D eigenvalue weighted by Crippen LogP contribution is 2.39. The number of anilines is 1. The number of ether oxygens (including phenoxy) is 1. The Morgan fingerprint density at radius 1 is 1.20 bits per heavy atom. The minimum atomic E-state index is -1.17. The van der Waals surface area contributed by atoms with E-state index in [2.05, 4.69) is 0 Å². The van der Waals surface area contributed by atoms with Gasteiger partial charge in [-0.3, -0.25) is 24.6 Å². The molecule has 1 amide bonds. The van der Waals surface area contributed by atoms with Gasteiger partial charge in [-0.15, -0.1) is 0 Å². The topological polar surface area (TPSA) is 89.8 Å². The molecule has 0 fully saturated rings. The fourth-order valence-electron chi connectivity index (χ4n) is 2.69. The lowest BCUT2D eigenvalue weighted by molar-refractivity contribution is -0.384. The van der Waals surface area contributed by atoms with E-state index in [0.717, 1.165) is 0 Å². The first kappa shape index (κ1) is 16.6. The van der Waals surface area contributed by atoms with Crippen molar-refractivity contribution < 1.29 is 19.2 Å². The molecule has 0 aliphatic carbocycles. The molecule has 7 nitrogen and oxygen atoms in total. The van der Waals surface area contributed by atoms with Crippen LogP contribution in [0.1, 0.15) is 24.2 Å². The first-order chi connectivity index (χ1) is 11.8. The molecule has 2 aromatic carbocycles. The van der Waals surface area contributed by atoms with Crippen LogP contribution in [0.5, 0.6) is 5.75 Å². The van der Waals surface area contributed by atoms with Crippen molar-refractivity contribution in [2.24, 2.45) is 0 Å². The van der Waals surface area contributed by atoms with E-state index in [-0.39, 0.29) is 23.7 Å². The summed E-state index contributed by atoms with van der Waals surface area (Å²) in [5, 5.41) is 11.0. The quantitative estimate of drug-likeness (QED) is 0.485. The summed E-state index contributed by atoms with van der Waals surface area (Å²) in [4.78, 5) is 37.0. The first-order valence-corrected chi connectivity index (χ1v) is 7.67. The summed E-state index contributed by atoms with van der Waals surface area (Å²) >= 11 is 0. The molecule has 0 bridgehead atoms. The van der Waals surface area contributed by atoms with Crippen LogP contribution in [0.4, 0.5) is 11.4 Å². The van der Waals surface area contributed by atoms with E-state index in [1.807, 2.05) is 0 Å². The van der Waals surface area contributed by atoms with Crippen LogP contribution in [0.2, 0.25) is 0 Å². The van der Waals surface area contributed by atoms with E-state index >= 15 is 0 Å². The van der Waals surface area contributed by atoms with Crippen molar-refractivity contribution in [1.82, 2.24) is 0 Å². The van der Waals surface area contributed by atoms with Crippen LogP contribution in [0.25, 0.3) is 0 Å². The summed E-state index contributed by atoms with van der Waals surface area (Å²) in [5.41, 5.74) is -0.651. The Hall–Kier alpha value is -3.22. The second kappa shape index (κ2) is 6.01. The van der Waals surface area contributed by atoms with Gasteiger partial charge in [-0.1, -0.05) is 30.3 Å². The molecule has 1 heterocycles. The molecular formula is C18H16N2O5. The van der Waals surface area contributed by atoms with Crippen LogP contribution in [0.15, 0.2) is 48.5 Å². The fourth-order valence-corrected chi connectivity index (χ4v) is 2.69. The Kier molecular flexibility index (Phi) is 4.00. The highest BCUT2D eigenvalue weighted by molar-refractivity contribution is 6.09. The average molecular weight is 340 g/mol. The molecular weight excluding hydrogens is 324 g/mol. The highest BCUT2D eigenvalue weighted by atomic mass is 16.6. The van der Waals surface area contributed by atoms with Gasteiger partial charge in [-0.05, 0) is 19.9 Å². The molecule has 0 saturated carbocycles. The number of ketones is 1. The molecule has 0 aromatic heterocycles. The summed E-state index contributed by atoms with van der Waals surface area (Å²) in [7, 11) is 0. The zero-order valence-corrected chi connectivity index (χ0v) is 13.8. The lowest BCUT2D eigenvalue weighted by Crippen LogP contribution is -2.53. The highest BCUT2D eigenvalue weighted by Gasteiger charge is 2.42. The van der Waals surface area contributed by atoms with Gasteiger partial charge in [0.25, 0.3) is 11.6 Å². The maximum absolute atomic E-state index is 12.7. The number of benzene rings is 2. The monoisotopic (exact) mass is 340 g/mol. The number of carbonyl (C=O) groups excluding carboxylic acids is 2. The molecule has 128 valence electrons. The summed E-state index contributed by atoms with van der Waals surface area (Å²) in [6.45, 7) is 2.98. The molecule has 0 atom stereocenters. The number of Topliss-reactive ketones (excluding diaryl/α,β-unsaturated/α-hetero) is 1. The van der Waals surface area contributed by atoms with Crippen LogP contribution in [-0.2, 0) is 4.79 Å². The van der Waals surface area contributed by atoms with E-state index in [0.29, 0.717) is 11.3 Å². The number of non-ortho nitro benzene ring substituents is 1. The predicted molar refractivity (Wildman–Crippen MR) is 90.9 cm³/mol. The molecule has 1 aliphatic heterocycles. The van der Waals surface area contributed by atoms with Crippen molar-refractivity contribution >= 4 is 23.1 Å². The van der Waals surface area contributed by atoms with Gasteiger partial charge in [-0.2, -0.15) is 0 Å². The number of rotatable bonds is 4. The van der Waals surface area contributed by atoms with E-state index in [1.54, 1.807) is 44.2 Å². The SMILES string of the molecule is CC1(C)Oc2ccc([N+](=O)[O-])cc2N(CC(=O)c2ccccc2)C1=O. The number of nitro benzene ring substituents is 1. The van der Waals surface area contributed by atoms with Crippen molar-refractivity contribution in [3.63, 3.8) is 0 Å². The maximum atomic E-state index is 12.7. The average Bonchev–Trinajstić information content (AvgIpc) is 2.59. The molecule has 0 unspecified atom stereocenters. The van der Waals surface area contributed by atoms with Crippen LogP contribution < -0.4 is 9.64 Å². The fraction of sp³-hybridized carbons (Fsp3) is 0.222. The molecule has 7 heteroatoms. The van der Waals surface area contributed by atoms with Gasteiger partial charge in [-0.25, -0.2) is 0 Å². The molecule has 3 rings (SSSR count). The summed E-state index contributed by atoms with van der Waals surface area (Å²) in [6.07, 6.45) is 0. The smallest absolute Gasteiger partial charge is 0.271 e. The van der Waals surface area contributed by atoms with Crippen molar-refractivity contribution in [2.45, 2.75) is 19.4 Å². The summed E-state index contributed by atoms with van der Waals surface area (Å²) in [6, 6.07) is 12.6. The third-order valence-corrected chi connectivity index (χ3v) is 3.97. The maximum Gasteiger partial charge on any atom is 0.271 e. The second-order valence-electron chi connectivity index (χ2n) is 6.20. The zero-order valence-electron chi connectivity index (χ0n) is 13.8. The first-order valence-electron chi connectivity index (χ1n) is 7.67. The Bertz CT molecular complexity index is 861. The lowest BCUT2D eigenvalue weighted by Gasteiger charge is -2.38. The Morgan fingerprint density at radius 3 is 2.52 bits per heavy atom. The Morgan fingerprint density at radius 2 is 1.88 bits per heavy atom. The Labute approximate surface area is 144 Å². The minimum absolute atomic E-state index is 0.174. The van der Waals surface area contributed by atoms with Gasteiger partial charge >= 0.3 is 0 Å². The third kappa shape index (κ3) is 3.08. The number of nitrogens with zero attached hydrogens (tertiary/aromatic N) is 2. The number of fused-ring (bicyclic) bond motifs is 1. The summed E-state index contributed by atoms with van der Waals surface area (Å²) < 4.78 is 5.66. The van der Waals surface area contributed by atoms with Crippen molar-refractivity contribution in [1.29, 1.82) is 0 Å². The number of carbonyl (C=O) groups is 2. The number of nitro groups is 1. The van der Waals surface area contributed by atoms with Gasteiger partial charge in [0, 0.05) is 17.7 Å². The molecule has 1 aliphatic rings. The van der Waals surface area contributed by atoms with Gasteiger partial charge in [0.15, 0.2) is 11.4 Å². The molecule has 25 heavy (non-hydrogen) atoms. The van der Waals surface area contributed by atoms with Crippen LogP contribution in [0, 0.1) is 10.1 Å². The molecule has 0 spiro atoms. The largest absolute Gasteiger partial charge is 0.476 e.